The number of hydrogen-bond acceptors (Lipinski definition) is 1. The van der Waals surface area contributed by atoms with E-state index in [-0.39, 0.29) is 0 Å². The Morgan fingerprint density at radius 1 is 1.19 bits per heavy atom. The number of rotatable bonds is 2. The minimum atomic E-state index is -4.06. The molecule has 1 aromatic carbocycles. The second-order valence-corrected chi connectivity index (χ2v) is 6.21. The van der Waals surface area contributed by atoms with Crippen molar-refractivity contribution in [1.29, 1.82) is 0 Å². The van der Waals surface area contributed by atoms with Crippen LogP contribution in [0.2, 0.25) is 0 Å². The Morgan fingerprint density at radius 2 is 1.94 bits per heavy atom. The van der Waals surface area contributed by atoms with Crippen LogP contribution in [0.1, 0.15) is 4.88 Å². The van der Waals surface area contributed by atoms with Crippen LogP contribution in [0.15, 0.2) is 35.3 Å². The summed E-state index contributed by atoms with van der Waals surface area (Å²) in [6.45, 7) is 0. The van der Waals surface area contributed by atoms with Gasteiger partial charge in [-0.2, -0.15) is 0 Å². The van der Waals surface area contributed by atoms with Gasteiger partial charge in [-0.25, -0.2) is 0 Å². The fourth-order valence-corrected chi connectivity index (χ4v) is 3.20. The average Bonchev–Trinajstić information content (AvgIpc) is 2.57. The fourth-order valence-electron chi connectivity index (χ4n) is 1.26. The second-order valence-electron chi connectivity index (χ2n) is 3.05. The summed E-state index contributed by atoms with van der Waals surface area (Å²) in [4.78, 5) is 2.09. The molecule has 0 radical (unpaired) electrons. The van der Waals surface area contributed by atoms with E-state index in [1.807, 2.05) is 30.3 Å². The monoisotopic (exact) mass is 308 g/mol. The van der Waals surface area contributed by atoms with Crippen LogP contribution in [-0.4, -0.2) is 20.0 Å². The van der Waals surface area contributed by atoms with E-state index in [0.29, 0.717) is 0 Å². The van der Waals surface area contributed by atoms with Crippen molar-refractivity contribution in [3.05, 3.63) is 40.2 Å². The van der Waals surface area contributed by atoms with Crippen LogP contribution < -0.4 is 0 Å². The van der Waals surface area contributed by atoms with E-state index >= 15 is 0 Å². The van der Waals surface area contributed by atoms with Gasteiger partial charge in [0.15, 0.2) is 0 Å². The molecule has 1 aromatic heterocycles. The van der Waals surface area contributed by atoms with Gasteiger partial charge in [-0.05, 0) is 0 Å². The zero-order chi connectivity index (χ0) is 11.6. The van der Waals surface area contributed by atoms with E-state index in [9.17, 15) is 13.2 Å². The van der Waals surface area contributed by atoms with Gasteiger partial charge in [-0.15, -0.1) is 0 Å². The van der Waals surface area contributed by atoms with Crippen LogP contribution in [0.4, 0.5) is 13.2 Å². The number of thiophene rings is 1. The molecule has 0 N–H and O–H groups in total. The Balaban J connectivity index is 2.16. The molecule has 5 heteroatoms. The van der Waals surface area contributed by atoms with Crippen LogP contribution in [0.25, 0.3) is 16.2 Å². The maximum absolute atomic E-state index is 11.9. The molecule has 0 aliphatic carbocycles. The summed E-state index contributed by atoms with van der Waals surface area (Å²) in [7, 11) is 0. The van der Waals surface area contributed by atoms with E-state index in [2.05, 4.69) is 0 Å². The molecule has 0 bridgehead atoms. The standard InChI is InChI=1S/C11H7F3SSe/c12-11(13,14)16-6-5-9-7-8-3-1-2-4-10(8)15-9/h1-7H/b6-5+. The summed E-state index contributed by atoms with van der Waals surface area (Å²) in [6, 6.07) is 9.67. The maximum atomic E-state index is 11.9. The molecule has 0 unspecified atom stereocenters. The molecule has 2 rings (SSSR count). The van der Waals surface area contributed by atoms with E-state index in [1.165, 1.54) is 16.3 Å². The Hall–Kier alpha value is -0.771. The predicted octanol–water partition coefficient (Wildman–Crippen LogP) is 4.10. The Labute approximate surface area is 101 Å². The van der Waals surface area contributed by atoms with Crippen LogP contribution in [0, 0.1) is 0 Å². The van der Waals surface area contributed by atoms with E-state index < -0.39 is 20.0 Å². The molecular weight excluding hydrogens is 300 g/mol. The minimum absolute atomic E-state index is 0.868. The summed E-state index contributed by atoms with van der Waals surface area (Å²) in [6.07, 6.45) is 1.55. The van der Waals surface area contributed by atoms with Crippen molar-refractivity contribution in [3.63, 3.8) is 0 Å². The molecular formula is C11H7F3SSe. The molecule has 0 aliphatic rings. The summed E-state index contributed by atoms with van der Waals surface area (Å²) in [5, 5.41) is -2.98. The first-order valence-corrected chi connectivity index (χ1v) is 7.10. The van der Waals surface area contributed by atoms with Crippen molar-refractivity contribution < 1.29 is 13.2 Å². The third-order valence-corrected chi connectivity index (χ3v) is 4.09. The normalized spacial score (nSPS) is 12.7. The molecule has 1 heterocycles. The third kappa shape index (κ3) is 3.11. The van der Waals surface area contributed by atoms with Gasteiger partial charge < -0.3 is 0 Å². The molecule has 0 saturated heterocycles. The first kappa shape index (κ1) is 11.7. The molecule has 0 amide bonds. The first-order chi connectivity index (χ1) is 7.54. The summed E-state index contributed by atoms with van der Waals surface area (Å²) in [5.74, 6) is 0. The molecule has 2 aromatic rings. The number of hydrogen-bond donors (Lipinski definition) is 0. The van der Waals surface area contributed by atoms with Gasteiger partial charge in [0.25, 0.3) is 0 Å². The van der Waals surface area contributed by atoms with Crippen molar-refractivity contribution in [2.75, 3.05) is 0 Å². The van der Waals surface area contributed by atoms with Crippen LogP contribution in [-0.2, 0) is 0 Å². The van der Waals surface area contributed by atoms with Crippen molar-refractivity contribution in [2.45, 2.75) is 5.07 Å². The summed E-state index contributed by atoms with van der Waals surface area (Å²) < 4.78 is 36.9. The zero-order valence-corrected chi connectivity index (χ0v) is 10.5. The molecule has 0 spiro atoms. The van der Waals surface area contributed by atoms with Crippen LogP contribution in [0.5, 0.6) is 0 Å². The van der Waals surface area contributed by atoms with E-state index in [0.717, 1.165) is 15.0 Å². The van der Waals surface area contributed by atoms with Gasteiger partial charge in [0.05, 0.1) is 0 Å². The number of fused-ring (bicyclic) bond motifs is 1. The average molecular weight is 307 g/mol. The Kier molecular flexibility index (Phi) is 3.38. The zero-order valence-electron chi connectivity index (χ0n) is 7.99. The summed E-state index contributed by atoms with van der Waals surface area (Å²) in [5.41, 5.74) is 0. The van der Waals surface area contributed by atoms with Gasteiger partial charge in [0.2, 0.25) is 0 Å². The predicted molar refractivity (Wildman–Crippen MR) is 62.7 cm³/mol. The number of benzene rings is 1. The number of alkyl halides is 3. The molecule has 0 aliphatic heterocycles. The van der Waals surface area contributed by atoms with Crippen molar-refractivity contribution in [1.82, 2.24) is 0 Å². The molecule has 0 fully saturated rings. The van der Waals surface area contributed by atoms with Crippen molar-refractivity contribution in [3.8, 4) is 0 Å². The quantitative estimate of drug-likeness (QED) is 0.733. The van der Waals surface area contributed by atoms with Crippen LogP contribution in [0.3, 0.4) is 0 Å². The molecule has 16 heavy (non-hydrogen) atoms. The second kappa shape index (κ2) is 4.62. The first-order valence-electron chi connectivity index (χ1n) is 4.44. The molecule has 0 atom stereocenters. The van der Waals surface area contributed by atoms with E-state index in [4.69, 9.17) is 0 Å². The molecule has 0 nitrogen and oxygen atoms in total. The van der Waals surface area contributed by atoms with E-state index in [1.54, 1.807) is 6.08 Å². The molecule has 84 valence electrons. The Morgan fingerprint density at radius 3 is 2.62 bits per heavy atom. The van der Waals surface area contributed by atoms with Crippen molar-refractivity contribution >= 4 is 42.5 Å². The van der Waals surface area contributed by atoms with Gasteiger partial charge >= 0.3 is 101 Å². The van der Waals surface area contributed by atoms with Gasteiger partial charge in [0.1, 0.15) is 0 Å². The van der Waals surface area contributed by atoms with Gasteiger partial charge in [-0.3, -0.25) is 0 Å². The molecule has 0 saturated carbocycles. The van der Waals surface area contributed by atoms with Gasteiger partial charge in [0, 0.05) is 0 Å². The summed E-state index contributed by atoms with van der Waals surface area (Å²) >= 11 is 0.0763. The SMILES string of the molecule is FC(F)(F)[Se]/C=C/c1cc2ccccc2s1. The van der Waals surface area contributed by atoms with Crippen LogP contribution >= 0.6 is 11.3 Å². The topological polar surface area (TPSA) is 0 Å². The van der Waals surface area contributed by atoms with Crippen molar-refractivity contribution in [2.24, 2.45) is 0 Å². The third-order valence-electron chi connectivity index (χ3n) is 1.88. The number of halogens is 3. The Bertz CT molecular complexity index is 480. The fraction of sp³-hybridized carbons (Fsp3) is 0.0909. The van der Waals surface area contributed by atoms with Gasteiger partial charge in [-0.1, -0.05) is 0 Å².